The first-order chi connectivity index (χ1) is 6.75. The molecule has 1 heterocycles. The van der Waals surface area contributed by atoms with Crippen LogP contribution >= 0.6 is 0 Å². The molecule has 1 fully saturated rings. The summed E-state index contributed by atoms with van der Waals surface area (Å²) in [5.41, 5.74) is 0.803. The molecule has 1 aliphatic rings. The first-order valence-corrected chi connectivity index (χ1v) is 4.93. The molecule has 3 heteroatoms. The fourth-order valence-corrected chi connectivity index (χ4v) is 1.70. The molecule has 1 aromatic rings. The molecule has 1 unspecified atom stereocenters. The molecule has 0 amide bonds. The Labute approximate surface area is 83.4 Å². The van der Waals surface area contributed by atoms with Crippen molar-refractivity contribution in [2.24, 2.45) is 5.92 Å². The van der Waals surface area contributed by atoms with Gasteiger partial charge in [0.15, 0.2) is 0 Å². The highest BCUT2D eigenvalue weighted by Crippen LogP contribution is 2.25. The molecule has 1 aromatic carbocycles. The van der Waals surface area contributed by atoms with E-state index in [0.717, 1.165) is 25.1 Å². The number of aromatic hydroxyl groups is 1. The summed E-state index contributed by atoms with van der Waals surface area (Å²) in [7, 11) is 0. The topological polar surface area (TPSA) is 52.5 Å². The molecule has 0 aromatic heterocycles. The third-order valence-corrected chi connectivity index (χ3v) is 2.68. The summed E-state index contributed by atoms with van der Waals surface area (Å²) in [6, 6.07) is 6.83. The Kier molecular flexibility index (Phi) is 2.70. The fourth-order valence-electron chi connectivity index (χ4n) is 1.70. The van der Waals surface area contributed by atoms with E-state index in [4.69, 9.17) is 0 Å². The minimum absolute atomic E-state index is 0.216. The summed E-state index contributed by atoms with van der Waals surface area (Å²) >= 11 is 0. The number of hydrogen-bond acceptors (Lipinski definition) is 3. The lowest BCUT2D eigenvalue weighted by Crippen LogP contribution is -2.42. The highest BCUT2D eigenvalue weighted by Gasteiger charge is 2.21. The molecule has 3 N–H and O–H groups in total. The minimum atomic E-state index is -0.450. The van der Waals surface area contributed by atoms with Crippen molar-refractivity contribution < 1.29 is 10.2 Å². The van der Waals surface area contributed by atoms with Crippen molar-refractivity contribution in [1.29, 1.82) is 0 Å². The van der Waals surface area contributed by atoms with Gasteiger partial charge in [0, 0.05) is 0 Å². The Balaban J connectivity index is 1.98. The van der Waals surface area contributed by atoms with Crippen molar-refractivity contribution in [3.8, 4) is 5.75 Å². The zero-order chi connectivity index (χ0) is 9.97. The summed E-state index contributed by atoms with van der Waals surface area (Å²) in [6.45, 7) is 1.99. The van der Waals surface area contributed by atoms with Crippen molar-refractivity contribution in [2.45, 2.75) is 12.5 Å². The smallest absolute Gasteiger partial charge is 0.115 e. The van der Waals surface area contributed by atoms with Crippen molar-refractivity contribution in [2.75, 3.05) is 13.1 Å². The largest absolute Gasteiger partial charge is 0.508 e. The van der Waals surface area contributed by atoms with E-state index in [1.807, 2.05) is 6.07 Å². The zero-order valence-corrected chi connectivity index (χ0v) is 7.98. The van der Waals surface area contributed by atoms with Crippen LogP contribution < -0.4 is 5.32 Å². The number of benzene rings is 1. The van der Waals surface area contributed by atoms with Crippen molar-refractivity contribution in [3.63, 3.8) is 0 Å². The predicted octanol–water partition coefficient (Wildman–Crippen LogP) is 1.04. The van der Waals surface area contributed by atoms with Crippen LogP contribution in [0.2, 0.25) is 0 Å². The number of nitrogens with one attached hydrogen (secondary N) is 1. The molecule has 1 atom stereocenters. The second-order valence-electron chi connectivity index (χ2n) is 3.87. The van der Waals surface area contributed by atoms with Gasteiger partial charge < -0.3 is 15.5 Å². The lowest BCUT2D eigenvalue weighted by Gasteiger charge is -2.29. The number of rotatable bonds is 3. The van der Waals surface area contributed by atoms with E-state index in [9.17, 15) is 10.2 Å². The molecule has 1 saturated heterocycles. The highest BCUT2D eigenvalue weighted by atomic mass is 16.3. The Bertz CT molecular complexity index is 310. The van der Waals surface area contributed by atoms with Gasteiger partial charge in [-0.25, -0.2) is 0 Å². The maximum atomic E-state index is 9.84. The van der Waals surface area contributed by atoms with Crippen LogP contribution in [0.25, 0.3) is 0 Å². The number of phenolic OH excluding ortho intramolecular Hbond substituents is 1. The van der Waals surface area contributed by atoms with Gasteiger partial charge in [-0.2, -0.15) is 0 Å². The van der Waals surface area contributed by atoms with Crippen LogP contribution in [0.3, 0.4) is 0 Å². The highest BCUT2D eigenvalue weighted by molar-refractivity contribution is 5.28. The standard InChI is InChI=1S/C11H15NO2/c13-10-3-1-2-9(5-10)11(14)4-8-6-12-7-8/h1-3,5,8,11-14H,4,6-7H2. The van der Waals surface area contributed by atoms with E-state index in [1.54, 1.807) is 18.2 Å². The Morgan fingerprint density at radius 2 is 2.21 bits per heavy atom. The van der Waals surface area contributed by atoms with E-state index in [-0.39, 0.29) is 5.75 Å². The van der Waals surface area contributed by atoms with Gasteiger partial charge in [0.05, 0.1) is 6.10 Å². The lowest BCUT2D eigenvalue weighted by atomic mass is 9.93. The number of aliphatic hydroxyl groups is 1. The average Bonchev–Trinajstić information content (AvgIpc) is 2.11. The second-order valence-corrected chi connectivity index (χ2v) is 3.87. The van der Waals surface area contributed by atoms with Gasteiger partial charge in [0.2, 0.25) is 0 Å². The van der Waals surface area contributed by atoms with E-state index < -0.39 is 6.10 Å². The third-order valence-electron chi connectivity index (χ3n) is 2.68. The fraction of sp³-hybridized carbons (Fsp3) is 0.455. The monoisotopic (exact) mass is 193 g/mol. The van der Waals surface area contributed by atoms with Gasteiger partial charge in [-0.3, -0.25) is 0 Å². The summed E-state index contributed by atoms with van der Waals surface area (Å²) < 4.78 is 0. The molecule has 3 nitrogen and oxygen atoms in total. The van der Waals surface area contributed by atoms with Crippen molar-refractivity contribution in [3.05, 3.63) is 29.8 Å². The molecule has 1 aliphatic heterocycles. The second kappa shape index (κ2) is 3.98. The third kappa shape index (κ3) is 2.05. The summed E-state index contributed by atoms with van der Waals surface area (Å²) in [4.78, 5) is 0. The van der Waals surface area contributed by atoms with Gasteiger partial charge in [0.25, 0.3) is 0 Å². The van der Waals surface area contributed by atoms with Crippen molar-refractivity contribution in [1.82, 2.24) is 5.32 Å². The normalized spacial score (nSPS) is 18.9. The van der Waals surface area contributed by atoms with Crippen molar-refractivity contribution >= 4 is 0 Å². The molecule has 0 radical (unpaired) electrons. The summed E-state index contributed by atoms with van der Waals surface area (Å²) in [5, 5.41) is 22.3. The van der Waals surface area contributed by atoms with Crippen LogP contribution in [-0.2, 0) is 0 Å². The van der Waals surface area contributed by atoms with Gasteiger partial charge in [0.1, 0.15) is 5.75 Å². The van der Waals surface area contributed by atoms with Crippen LogP contribution in [0.15, 0.2) is 24.3 Å². The molecule has 0 spiro atoms. The maximum Gasteiger partial charge on any atom is 0.115 e. The molecule has 14 heavy (non-hydrogen) atoms. The Morgan fingerprint density at radius 1 is 1.43 bits per heavy atom. The van der Waals surface area contributed by atoms with Crippen LogP contribution in [-0.4, -0.2) is 23.3 Å². The molecular weight excluding hydrogens is 178 g/mol. The molecule has 0 saturated carbocycles. The van der Waals surface area contributed by atoms with Gasteiger partial charge in [-0.1, -0.05) is 12.1 Å². The van der Waals surface area contributed by atoms with E-state index >= 15 is 0 Å². The van der Waals surface area contributed by atoms with E-state index in [0.29, 0.717) is 5.92 Å². The molecule has 76 valence electrons. The minimum Gasteiger partial charge on any atom is -0.508 e. The van der Waals surface area contributed by atoms with Gasteiger partial charge >= 0.3 is 0 Å². The van der Waals surface area contributed by atoms with E-state index in [2.05, 4.69) is 5.32 Å². The molecule has 2 rings (SSSR count). The average molecular weight is 193 g/mol. The lowest BCUT2D eigenvalue weighted by molar-refractivity contribution is 0.126. The molecular formula is C11H15NO2. The van der Waals surface area contributed by atoms with Gasteiger partial charge in [-0.05, 0) is 43.1 Å². The molecule has 0 bridgehead atoms. The molecule has 0 aliphatic carbocycles. The Morgan fingerprint density at radius 3 is 2.79 bits per heavy atom. The first kappa shape index (κ1) is 9.49. The van der Waals surface area contributed by atoms with Crippen LogP contribution in [0.4, 0.5) is 0 Å². The van der Waals surface area contributed by atoms with Crippen LogP contribution in [0.1, 0.15) is 18.1 Å². The SMILES string of the molecule is Oc1cccc(C(O)CC2CNC2)c1. The number of phenols is 1. The maximum absolute atomic E-state index is 9.84. The number of aliphatic hydroxyl groups excluding tert-OH is 1. The predicted molar refractivity (Wildman–Crippen MR) is 54.0 cm³/mol. The van der Waals surface area contributed by atoms with Crippen LogP contribution in [0.5, 0.6) is 5.75 Å². The zero-order valence-electron chi connectivity index (χ0n) is 7.98. The van der Waals surface area contributed by atoms with E-state index in [1.165, 1.54) is 0 Å². The summed E-state index contributed by atoms with van der Waals surface area (Å²) in [5.74, 6) is 0.792. The quantitative estimate of drug-likeness (QED) is 0.672. The van der Waals surface area contributed by atoms with Gasteiger partial charge in [-0.15, -0.1) is 0 Å². The Hall–Kier alpha value is -1.06. The summed E-state index contributed by atoms with van der Waals surface area (Å²) in [6.07, 6.45) is 0.324. The number of hydrogen-bond donors (Lipinski definition) is 3. The first-order valence-electron chi connectivity index (χ1n) is 4.93. The van der Waals surface area contributed by atoms with Crippen LogP contribution in [0, 0.1) is 5.92 Å².